The lowest BCUT2D eigenvalue weighted by atomic mass is 9.61. The third-order valence-electron chi connectivity index (χ3n) is 6.42. The maximum atomic E-state index is 14.0. The lowest BCUT2D eigenvalue weighted by Gasteiger charge is -2.60. The molecule has 31 heavy (non-hydrogen) atoms. The van der Waals surface area contributed by atoms with Crippen LogP contribution in [0.5, 0.6) is 5.75 Å². The number of nitrogens with zero attached hydrogens (tertiary/aromatic N) is 3. The van der Waals surface area contributed by atoms with Crippen LogP contribution >= 0.6 is 22.6 Å². The standard InChI is InChI=1S/C21H21FIN3O4S/c1-13-10-30-17-6-14(23)9-24-19(17)20(27)26(13)15-7-21(8-15)11-25(12-21)31(28,29)18-5-3-2-4-16(18)22/h2-6,9,13,15H,7-8,10-12H2,1H3/t13-/m1/s1. The molecule has 3 aliphatic rings. The molecule has 0 N–H and O–H groups in total. The van der Waals surface area contributed by atoms with Crippen molar-refractivity contribution in [1.29, 1.82) is 0 Å². The number of carbonyl (C=O) groups is 1. The van der Waals surface area contributed by atoms with Gasteiger partial charge in [0.25, 0.3) is 5.91 Å². The molecule has 7 nitrogen and oxygen atoms in total. The predicted molar refractivity (Wildman–Crippen MR) is 119 cm³/mol. The molecule has 3 heterocycles. The van der Waals surface area contributed by atoms with Gasteiger partial charge in [-0.25, -0.2) is 17.8 Å². The molecule has 2 aromatic rings. The topological polar surface area (TPSA) is 79.8 Å². The molecule has 1 saturated carbocycles. The lowest BCUT2D eigenvalue weighted by molar-refractivity contribution is -0.0756. The fraction of sp³-hybridized carbons (Fsp3) is 0.429. The second-order valence-corrected chi connectivity index (χ2v) is 11.8. The normalized spacial score (nSPS) is 23.5. The molecular formula is C21H21FIN3O4S. The summed E-state index contributed by atoms with van der Waals surface area (Å²) in [5.41, 5.74) is 0.168. The van der Waals surface area contributed by atoms with Crippen LogP contribution in [-0.2, 0) is 10.0 Å². The first kappa shape index (κ1) is 21.1. The van der Waals surface area contributed by atoms with Gasteiger partial charge in [-0.3, -0.25) is 4.79 Å². The quantitative estimate of drug-likeness (QED) is 0.543. The largest absolute Gasteiger partial charge is 0.489 e. The number of fused-ring (bicyclic) bond motifs is 1. The summed E-state index contributed by atoms with van der Waals surface area (Å²) in [4.78, 5) is 19.0. The number of carbonyl (C=O) groups excluding carboxylic acids is 1. The van der Waals surface area contributed by atoms with E-state index in [1.165, 1.54) is 22.5 Å². The van der Waals surface area contributed by atoms with Gasteiger partial charge in [-0.1, -0.05) is 12.1 Å². The van der Waals surface area contributed by atoms with Gasteiger partial charge in [-0.15, -0.1) is 0 Å². The molecule has 1 amide bonds. The van der Waals surface area contributed by atoms with Crippen LogP contribution in [-0.4, -0.2) is 60.3 Å². The van der Waals surface area contributed by atoms with Gasteiger partial charge in [0, 0.05) is 34.3 Å². The molecule has 1 saturated heterocycles. The van der Waals surface area contributed by atoms with Gasteiger partial charge in [0.1, 0.15) is 17.3 Å². The number of hydrogen-bond donors (Lipinski definition) is 0. The summed E-state index contributed by atoms with van der Waals surface area (Å²) in [6, 6.07) is 7.16. The lowest BCUT2D eigenvalue weighted by Crippen LogP contribution is -2.68. The van der Waals surface area contributed by atoms with Crippen LogP contribution in [0.2, 0.25) is 0 Å². The molecule has 0 bridgehead atoms. The minimum absolute atomic E-state index is 0.0106. The van der Waals surface area contributed by atoms with E-state index in [0.717, 1.165) is 9.64 Å². The van der Waals surface area contributed by atoms with E-state index in [1.807, 2.05) is 17.9 Å². The highest BCUT2D eigenvalue weighted by atomic mass is 127. The smallest absolute Gasteiger partial charge is 0.276 e. The third kappa shape index (κ3) is 3.43. The first-order chi connectivity index (χ1) is 14.7. The van der Waals surface area contributed by atoms with Crippen molar-refractivity contribution in [2.75, 3.05) is 19.7 Å². The molecule has 2 fully saturated rings. The summed E-state index contributed by atoms with van der Waals surface area (Å²) >= 11 is 2.13. The van der Waals surface area contributed by atoms with Crippen molar-refractivity contribution in [2.45, 2.75) is 36.7 Å². The van der Waals surface area contributed by atoms with Gasteiger partial charge < -0.3 is 9.64 Å². The van der Waals surface area contributed by atoms with Crippen molar-refractivity contribution < 1.29 is 22.3 Å². The Labute approximate surface area is 193 Å². The van der Waals surface area contributed by atoms with E-state index in [2.05, 4.69) is 27.6 Å². The Morgan fingerprint density at radius 1 is 1.26 bits per heavy atom. The Morgan fingerprint density at radius 2 is 1.97 bits per heavy atom. The van der Waals surface area contributed by atoms with Crippen LogP contribution in [0.3, 0.4) is 0 Å². The van der Waals surface area contributed by atoms with E-state index in [4.69, 9.17) is 4.74 Å². The number of aromatic nitrogens is 1. The van der Waals surface area contributed by atoms with Crippen molar-refractivity contribution in [3.05, 3.63) is 51.6 Å². The van der Waals surface area contributed by atoms with Gasteiger partial charge >= 0.3 is 0 Å². The average molecular weight is 557 g/mol. The van der Waals surface area contributed by atoms with E-state index in [0.29, 0.717) is 44.0 Å². The maximum absolute atomic E-state index is 14.0. The van der Waals surface area contributed by atoms with E-state index in [1.54, 1.807) is 6.20 Å². The summed E-state index contributed by atoms with van der Waals surface area (Å²) in [6.07, 6.45) is 3.08. The Bertz CT molecular complexity index is 1160. The fourth-order valence-corrected chi connectivity index (χ4v) is 7.04. The number of amides is 1. The summed E-state index contributed by atoms with van der Waals surface area (Å²) in [7, 11) is -3.85. The molecule has 5 rings (SSSR count). The molecule has 1 spiro atoms. The molecular weight excluding hydrogens is 536 g/mol. The van der Waals surface area contributed by atoms with Crippen LogP contribution in [0.4, 0.5) is 4.39 Å². The van der Waals surface area contributed by atoms with E-state index >= 15 is 0 Å². The summed E-state index contributed by atoms with van der Waals surface area (Å²) in [6.45, 7) is 3.04. The summed E-state index contributed by atoms with van der Waals surface area (Å²) in [5, 5.41) is 0. The van der Waals surface area contributed by atoms with Gasteiger partial charge in [0.2, 0.25) is 10.0 Å². The highest BCUT2D eigenvalue weighted by Crippen LogP contribution is 2.52. The zero-order valence-electron chi connectivity index (χ0n) is 16.8. The number of hydrogen-bond acceptors (Lipinski definition) is 5. The SMILES string of the molecule is C[C@@H]1COc2cc(I)cnc2C(=O)N1C1CC2(C1)CN(S(=O)(=O)c1ccccc1F)C2. The molecule has 10 heteroatoms. The number of ether oxygens (including phenoxy) is 1. The Hall–Kier alpha value is -1.79. The van der Waals surface area contributed by atoms with Crippen molar-refractivity contribution in [2.24, 2.45) is 5.41 Å². The first-order valence-corrected chi connectivity index (χ1v) is 12.6. The molecule has 0 unspecified atom stereocenters. The molecule has 1 atom stereocenters. The van der Waals surface area contributed by atoms with Crippen LogP contribution in [0, 0.1) is 14.8 Å². The van der Waals surface area contributed by atoms with E-state index in [9.17, 15) is 17.6 Å². The highest BCUT2D eigenvalue weighted by Gasteiger charge is 2.58. The molecule has 1 aliphatic carbocycles. The first-order valence-electron chi connectivity index (χ1n) is 10.1. The van der Waals surface area contributed by atoms with E-state index < -0.39 is 15.8 Å². The minimum Gasteiger partial charge on any atom is -0.489 e. The molecule has 1 aromatic heterocycles. The van der Waals surface area contributed by atoms with Crippen molar-refractivity contribution in [3.8, 4) is 5.75 Å². The number of sulfonamides is 1. The van der Waals surface area contributed by atoms with Crippen molar-refractivity contribution >= 4 is 38.5 Å². The Kier molecular flexibility index (Phi) is 5.02. The Balaban J connectivity index is 1.29. The number of halogens is 2. The number of pyridine rings is 1. The Morgan fingerprint density at radius 3 is 2.68 bits per heavy atom. The van der Waals surface area contributed by atoms with Crippen LogP contribution in [0.25, 0.3) is 0 Å². The molecule has 0 radical (unpaired) electrons. The van der Waals surface area contributed by atoms with E-state index in [-0.39, 0.29) is 28.3 Å². The molecule has 1 aromatic carbocycles. The minimum atomic E-state index is -3.85. The summed E-state index contributed by atoms with van der Waals surface area (Å²) in [5.74, 6) is -0.378. The second kappa shape index (κ2) is 7.38. The zero-order valence-corrected chi connectivity index (χ0v) is 19.8. The van der Waals surface area contributed by atoms with Gasteiger partial charge in [-0.2, -0.15) is 4.31 Å². The maximum Gasteiger partial charge on any atom is 0.276 e. The van der Waals surface area contributed by atoms with Gasteiger partial charge in [0.15, 0.2) is 11.4 Å². The van der Waals surface area contributed by atoms with Gasteiger partial charge in [0.05, 0.1) is 6.04 Å². The third-order valence-corrected chi connectivity index (χ3v) is 8.83. The van der Waals surface area contributed by atoms with Crippen molar-refractivity contribution in [1.82, 2.24) is 14.2 Å². The predicted octanol–water partition coefficient (Wildman–Crippen LogP) is 2.90. The van der Waals surface area contributed by atoms with Crippen molar-refractivity contribution in [3.63, 3.8) is 0 Å². The zero-order chi connectivity index (χ0) is 22.0. The van der Waals surface area contributed by atoms with Crippen LogP contribution < -0.4 is 4.74 Å². The highest BCUT2D eigenvalue weighted by molar-refractivity contribution is 14.1. The second-order valence-electron chi connectivity index (χ2n) is 8.64. The van der Waals surface area contributed by atoms with Crippen LogP contribution in [0.1, 0.15) is 30.3 Å². The molecule has 164 valence electrons. The monoisotopic (exact) mass is 557 g/mol. The number of rotatable bonds is 3. The molecule has 2 aliphatic heterocycles. The van der Waals surface area contributed by atoms with Crippen LogP contribution in [0.15, 0.2) is 41.4 Å². The van der Waals surface area contributed by atoms with Gasteiger partial charge in [-0.05, 0) is 60.6 Å². The number of benzene rings is 1. The average Bonchev–Trinajstić information content (AvgIpc) is 2.77. The summed E-state index contributed by atoms with van der Waals surface area (Å²) < 4.78 is 47.6. The fourth-order valence-electron chi connectivity index (χ4n) is 4.89.